The van der Waals surface area contributed by atoms with E-state index < -0.39 is 41.4 Å². The van der Waals surface area contributed by atoms with Crippen LogP contribution in [0.2, 0.25) is 0 Å². The van der Waals surface area contributed by atoms with Crippen molar-refractivity contribution in [2.24, 2.45) is 0 Å². The lowest BCUT2D eigenvalue weighted by molar-refractivity contribution is -0.148. The van der Waals surface area contributed by atoms with Crippen molar-refractivity contribution in [1.29, 1.82) is 0 Å². The van der Waals surface area contributed by atoms with E-state index in [0.29, 0.717) is 15.9 Å². The number of fused-ring (bicyclic) bond motifs is 1. The van der Waals surface area contributed by atoms with Crippen LogP contribution in [-0.4, -0.2) is 37.1 Å². The third-order valence-electron chi connectivity index (χ3n) is 2.65. The van der Waals surface area contributed by atoms with E-state index in [0.717, 1.165) is 0 Å². The minimum absolute atomic E-state index is 0.0251. The van der Waals surface area contributed by atoms with E-state index in [2.05, 4.69) is 9.97 Å². The zero-order valence-corrected chi connectivity index (χ0v) is 12.5. The summed E-state index contributed by atoms with van der Waals surface area (Å²) in [5, 5.41) is 9.05. The molecule has 0 saturated heterocycles. The highest BCUT2D eigenvalue weighted by Crippen LogP contribution is 2.31. The second kappa shape index (κ2) is 5.55. The Kier molecular flexibility index (Phi) is 4.29. The first-order valence-corrected chi connectivity index (χ1v) is 7.98. The van der Waals surface area contributed by atoms with Crippen molar-refractivity contribution in [3.8, 4) is 0 Å². The summed E-state index contributed by atoms with van der Waals surface area (Å²) in [6.07, 6.45) is -3.55. The zero-order valence-electron chi connectivity index (χ0n) is 10.8. The SMILES string of the molecule is C[C@H](CO)n1c(C(F)(F)F)nc2sc([S+](C)[O-])nc2c1=O. The van der Waals surface area contributed by atoms with Gasteiger partial charge in [0.25, 0.3) is 5.56 Å². The number of rotatable bonds is 3. The molecule has 0 aliphatic rings. The Morgan fingerprint density at radius 2 is 2.10 bits per heavy atom. The molecule has 0 aromatic carbocycles. The Morgan fingerprint density at radius 1 is 1.48 bits per heavy atom. The number of alkyl halides is 3. The molecule has 0 saturated carbocycles. The van der Waals surface area contributed by atoms with Gasteiger partial charge in [0.15, 0.2) is 10.3 Å². The highest BCUT2D eigenvalue weighted by atomic mass is 32.2. The van der Waals surface area contributed by atoms with Gasteiger partial charge in [0.05, 0.1) is 12.6 Å². The second-order valence-corrected chi connectivity index (χ2v) is 6.76. The third kappa shape index (κ3) is 2.91. The van der Waals surface area contributed by atoms with Crippen LogP contribution in [0, 0.1) is 0 Å². The Morgan fingerprint density at radius 3 is 2.57 bits per heavy atom. The first kappa shape index (κ1) is 16.2. The van der Waals surface area contributed by atoms with Crippen LogP contribution >= 0.6 is 11.3 Å². The van der Waals surface area contributed by atoms with Crippen LogP contribution in [0.1, 0.15) is 18.8 Å². The molecule has 6 nitrogen and oxygen atoms in total. The van der Waals surface area contributed by atoms with Crippen molar-refractivity contribution in [3.63, 3.8) is 0 Å². The molecule has 1 N–H and O–H groups in total. The topological polar surface area (TPSA) is 91.1 Å². The summed E-state index contributed by atoms with van der Waals surface area (Å²) < 4.78 is 50.8. The molecule has 2 heterocycles. The molecule has 11 heteroatoms. The maximum absolute atomic E-state index is 13.0. The summed E-state index contributed by atoms with van der Waals surface area (Å²) in [4.78, 5) is 19.2. The predicted octanol–water partition coefficient (Wildman–Crippen LogP) is 1.16. The number of thiazole rings is 1. The number of nitrogens with zero attached hydrogens (tertiary/aromatic N) is 3. The molecule has 2 aromatic heterocycles. The summed E-state index contributed by atoms with van der Waals surface area (Å²) in [6.45, 7) is 0.599. The van der Waals surface area contributed by atoms with Gasteiger partial charge in [0.1, 0.15) is 6.26 Å². The number of aliphatic hydroxyl groups excluding tert-OH is 1. The van der Waals surface area contributed by atoms with Gasteiger partial charge in [0, 0.05) is 11.2 Å². The highest BCUT2D eigenvalue weighted by molar-refractivity contribution is 7.92. The molecule has 21 heavy (non-hydrogen) atoms. The van der Waals surface area contributed by atoms with Crippen LogP contribution in [0.3, 0.4) is 0 Å². The maximum atomic E-state index is 13.0. The molecule has 2 atom stereocenters. The van der Waals surface area contributed by atoms with E-state index in [9.17, 15) is 22.5 Å². The van der Waals surface area contributed by atoms with Crippen molar-refractivity contribution < 1.29 is 22.8 Å². The Labute approximate surface area is 123 Å². The Balaban J connectivity index is 2.85. The van der Waals surface area contributed by atoms with Gasteiger partial charge < -0.3 is 9.66 Å². The fourth-order valence-electron chi connectivity index (χ4n) is 1.68. The first-order chi connectivity index (χ1) is 9.66. The minimum atomic E-state index is -4.85. The van der Waals surface area contributed by atoms with Crippen LogP contribution in [0.5, 0.6) is 0 Å². The number of hydrogen-bond donors (Lipinski definition) is 1. The largest absolute Gasteiger partial charge is 0.610 e. The first-order valence-electron chi connectivity index (χ1n) is 5.61. The Hall–Kier alpha value is -1.17. The number of hydrogen-bond acceptors (Lipinski definition) is 6. The second-order valence-electron chi connectivity index (χ2n) is 4.23. The van der Waals surface area contributed by atoms with Crippen molar-refractivity contribution in [1.82, 2.24) is 14.5 Å². The molecule has 1 unspecified atom stereocenters. The summed E-state index contributed by atoms with van der Waals surface area (Å²) in [5.41, 5.74) is -1.29. The van der Waals surface area contributed by atoms with E-state index in [-0.39, 0.29) is 14.7 Å². The zero-order chi connectivity index (χ0) is 15.9. The lowest BCUT2D eigenvalue weighted by Gasteiger charge is -2.18. The molecule has 0 aliphatic carbocycles. The fraction of sp³-hybridized carbons (Fsp3) is 0.500. The summed E-state index contributed by atoms with van der Waals surface area (Å²) in [6, 6.07) is -1.11. The number of aliphatic hydroxyl groups is 1. The lowest BCUT2D eigenvalue weighted by Crippen LogP contribution is -2.33. The van der Waals surface area contributed by atoms with Crippen molar-refractivity contribution >= 4 is 32.9 Å². The van der Waals surface area contributed by atoms with E-state index in [1.165, 1.54) is 13.2 Å². The van der Waals surface area contributed by atoms with E-state index in [4.69, 9.17) is 5.11 Å². The van der Waals surface area contributed by atoms with Crippen molar-refractivity contribution in [2.45, 2.75) is 23.5 Å². The van der Waals surface area contributed by atoms with E-state index in [1.807, 2.05) is 0 Å². The average molecular weight is 341 g/mol. The molecule has 0 spiro atoms. The predicted molar refractivity (Wildman–Crippen MR) is 70.8 cm³/mol. The third-order valence-corrected chi connectivity index (χ3v) is 4.93. The van der Waals surface area contributed by atoms with Gasteiger partial charge >= 0.3 is 10.5 Å². The van der Waals surface area contributed by atoms with Gasteiger partial charge in [-0.15, -0.1) is 0 Å². The molecule has 0 amide bonds. The molecule has 2 aromatic rings. The summed E-state index contributed by atoms with van der Waals surface area (Å²) in [5.74, 6) is -1.40. The lowest BCUT2D eigenvalue weighted by atomic mass is 10.3. The van der Waals surface area contributed by atoms with Gasteiger partial charge in [-0.25, -0.2) is 4.98 Å². The summed E-state index contributed by atoms with van der Waals surface area (Å²) >= 11 is -0.848. The van der Waals surface area contributed by atoms with Gasteiger partial charge in [-0.3, -0.25) is 9.36 Å². The van der Waals surface area contributed by atoms with Crippen LogP contribution in [0.15, 0.2) is 9.13 Å². The molecule has 0 radical (unpaired) electrons. The van der Waals surface area contributed by atoms with Gasteiger partial charge in [-0.2, -0.15) is 18.2 Å². The van der Waals surface area contributed by atoms with Gasteiger partial charge in [0.2, 0.25) is 5.82 Å². The average Bonchev–Trinajstić information content (AvgIpc) is 2.81. The number of halogens is 3. The molecule has 0 fully saturated rings. The van der Waals surface area contributed by atoms with Crippen LogP contribution in [-0.2, 0) is 17.4 Å². The monoisotopic (exact) mass is 341 g/mol. The smallest absolute Gasteiger partial charge is 0.449 e. The molecule has 0 aliphatic heterocycles. The normalized spacial score (nSPS) is 15.4. The summed E-state index contributed by atoms with van der Waals surface area (Å²) in [7, 11) is 0. The van der Waals surface area contributed by atoms with Crippen LogP contribution in [0.25, 0.3) is 10.3 Å². The molecule has 2 rings (SSSR count). The van der Waals surface area contributed by atoms with Crippen molar-refractivity contribution in [2.75, 3.05) is 12.9 Å². The molecular formula is C10H10F3N3O3S2. The number of aromatic nitrogens is 3. The molecule has 0 bridgehead atoms. The van der Waals surface area contributed by atoms with Crippen LogP contribution in [0.4, 0.5) is 13.2 Å². The quantitative estimate of drug-likeness (QED) is 0.846. The van der Waals surface area contributed by atoms with Gasteiger partial charge in [-0.1, -0.05) is 0 Å². The molecular weight excluding hydrogens is 331 g/mol. The minimum Gasteiger partial charge on any atom is -0.610 e. The van der Waals surface area contributed by atoms with E-state index >= 15 is 0 Å². The van der Waals surface area contributed by atoms with E-state index in [1.54, 1.807) is 0 Å². The van der Waals surface area contributed by atoms with Crippen molar-refractivity contribution in [3.05, 3.63) is 16.2 Å². The molecule has 116 valence electrons. The Bertz CT molecular complexity index is 726. The van der Waals surface area contributed by atoms with Gasteiger partial charge in [-0.05, 0) is 18.3 Å². The maximum Gasteiger partial charge on any atom is 0.449 e. The highest BCUT2D eigenvalue weighted by Gasteiger charge is 2.39. The fourth-order valence-corrected chi connectivity index (χ4v) is 3.27. The standard InChI is InChI=1S/C10H10F3N3O3S2/c1-4(3-17)16-7(18)5-6(15-8(16)10(11,12)13)20-9(14-5)21(2)19/h4,17H,3H2,1-2H3/t4-,21?/m1/s1. The van der Waals surface area contributed by atoms with Crippen LogP contribution < -0.4 is 5.56 Å².